The molecule has 7 nitrogen and oxygen atoms in total. The molecular formula is C22H22O7. The lowest BCUT2D eigenvalue weighted by Crippen LogP contribution is -2.02. The SMILES string of the molecule is COc1ccc(C=CC(=O)CC(=O)C=Cc2cc(OC)c(O)c(OC)c2)cc1O. The van der Waals surface area contributed by atoms with Crippen LogP contribution in [0.15, 0.2) is 42.5 Å². The van der Waals surface area contributed by atoms with Crippen molar-refractivity contribution in [2.75, 3.05) is 21.3 Å². The summed E-state index contributed by atoms with van der Waals surface area (Å²) >= 11 is 0. The maximum atomic E-state index is 12.0. The fraction of sp³-hybridized carbons (Fsp3) is 0.182. The van der Waals surface area contributed by atoms with Crippen molar-refractivity contribution in [3.05, 3.63) is 53.6 Å². The van der Waals surface area contributed by atoms with Gasteiger partial charge in [-0.2, -0.15) is 0 Å². The summed E-state index contributed by atoms with van der Waals surface area (Å²) in [6, 6.07) is 7.79. The highest BCUT2D eigenvalue weighted by atomic mass is 16.5. The molecule has 0 aliphatic heterocycles. The number of aromatic hydroxyl groups is 2. The van der Waals surface area contributed by atoms with Crippen molar-refractivity contribution < 1.29 is 34.0 Å². The van der Waals surface area contributed by atoms with Crippen LogP contribution in [0.25, 0.3) is 12.2 Å². The quantitative estimate of drug-likeness (QED) is 0.493. The van der Waals surface area contributed by atoms with E-state index >= 15 is 0 Å². The summed E-state index contributed by atoms with van der Waals surface area (Å²) in [4.78, 5) is 24.0. The Morgan fingerprint density at radius 2 is 1.31 bits per heavy atom. The van der Waals surface area contributed by atoms with Crippen LogP contribution in [-0.4, -0.2) is 43.1 Å². The van der Waals surface area contributed by atoms with Gasteiger partial charge in [-0.25, -0.2) is 0 Å². The number of rotatable bonds is 9. The van der Waals surface area contributed by atoms with Gasteiger partial charge in [-0.3, -0.25) is 9.59 Å². The summed E-state index contributed by atoms with van der Waals surface area (Å²) in [5.41, 5.74) is 1.17. The zero-order valence-electron chi connectivity index (χ0n) is 16.3. The van der Waals surface area contributed by atoms with E-state index < -0.39 is 0 Å². The maximum absolute atomic E-state index is 12.0. The van der Waals surface area contributed by atoms with Crippen LogP contribution in [-0.2, 0) is 9.59 Å². The Kier molecular flexibility index (Phi) is 7.42. The van der Waals surface area contributed by atoms with Gasteiger partial charge in [-0.15, -0.1) is 0 Å². The Hall–Kier alpha value is -3.74. The van der Waals surface area contributed by atoms with Gasteiger partial charge in [-0.1, -0.05) is 18.2 Å². The first-order valence-electron chi connectivity index (χ1n) is 8.61. The topological polar surface area (TPSA) is 102 Å². The van der Waals surface area contributed by atoms with Gasteiger partial charge in [0, 0.05) is 0 Å². The van der Waals surface area contributed by atoms with Crippen molar-refractivity contribution in [2.24, 2.45) is 0 Å². The molecule has 0 aliphatic carbocycles. The number of allylic oxidation sites excluding steroid dienone is 2. The third kappa shape index (κ3) is 5.87. The zero-order valence-corrected chi connectivity index (χ0v) is 16.3. The predicted molar refractivity (Wildman–Crippen MR) is 109 cm³/mol. The molecule has 0 heterocycles. The molecule has 0 saturated carbocycles. The standard InChI is InChI=1S/C22H22O7/c1-27-19-9-6-14(10-18(19)25)4-7-16(23)13-17(24)8-5-15-11-20(28-2)22(26)21(12-15)29-3/h4-12,25-26H,13H2,1-3H3. The summed E-state index contributed by atoms with van der Waals surface area (Å²) in [7, 11) is 4.25. The molecule has 0 radical (unpaired) electrons. The molecule has 0 aliphatic rings. The first kappa shape index (κ1) is 21.6. The zero-order chi connectivity index (χ0) is 21.4. The Labute approximate surface area is 168 Å². The number of phenolic OH excluding ortho intramolecular Hbond substituents is 2. The van der Waals surface area contributed by atoms with E-state index in [1.54, 1.807) is 24.3 Å². The van der Waals surface area contributed by atoms with E-state index in [0.29, 0.717) is 16.9 Å². The van der Waals surface area contributed by atoms with Crippen LogP contribution in [0.2, 0.25) is 0 Å². The number of hydrogen-bond donors (Lipinski definition) is 2. The molecule has 152 valence electrons. The second-order valence-electron chi connectivity index (χ2n) is 5.98. The summed E-state index contributed by atoms with van der Waals surface area (Å²) in [6.45, 7) is 0. The molecule has 0 spiro atoms. The first-order valence-corrected chi connectivity index (χ1v) is 8.61. The Bertz CT molecular complexity index is 933. The Morgan fingerprint density at radius 3 is 1.79 bits per heavy atom. The van der Waals surface area contributed by atoms with Crippen LogP contribution >= 0.6 is 0 Å². The summed E-state index contributed by atoms with van der Waals surface area (Å²) in [6.07, 6.45) is 5.26. The van der Waals surface area contributed by atoms with Crippen molar-refractivity contribution in [3.8, 4) is 28.7 Å². The van der Waals surface area contributed by atoms with E-state index in [4.69, 9.17) is 14.2 Å². The van der Waals surface area contributed by atoms with E-state index in [2.05, 4.69) is 0 Å². The average molecular weight is 398 g/mol. The third-order valence-corrected chi connectivity index (χ3v) is 3.98. The number of hydrogen-bond acceptors (Lipinski definition) is 7. The van der Waals surface area contributed by atoms with Gasteiger partial charge in [0.1, 0.15) is 0 Å². The van der Waals surface area contributed by atoms with Crippen LogP contribution in [0.3, 0.4) is 0 Å². The van der Waals surface area contributed by atoms with Crippen molar-refractivity contribution >= 4 is 23.7 Å². The van der Waals surface area contributed by atoms with Crippen molar-refractivity contribution in [3.63, 3.8) is 0 Å². The van der Waals surface area contributed by atoms with Crippen LogP contribution < -0.4 is 14.2 Å². The van der Waals surface area contributed by atoms with Crippen LogP contribution in [0, 0.1) is 0 Å². The molecule has 0 fully saturated rings. The number of carbonyl (C=O) groups excluding carboxylic acids is 2. The van der Waals surface area contributed by atoms with Crippen LogP contribution in [0.1, 0.15) is 17.5 Å². The lowest BCUT2D eigenvalue weighted by atomic mass is 10.1. The van der Waals surface area contributed by atoms with Crippen molar-refractivity contribution in [1.29, 1.82) is 0 Å². The highest BCUT2D eigenvalue weighted by Crippen LogP contribution is 2.37. The molecule has 0 aromatic heterocycles. The largest absolute Gasteiger partial charge is 0.504 e. The molecular weight excluding hydrogens is 376 g/mol. The first-order chi connectivity index (χ1) is 13.9. The predicted octanol–water partition coefficient (Wildman–Crippen LogP) is 3.38. The van der Waals surface area contributed by atoms with Crippen LogP contribution in [0.4, 0.5) is 0 Å². The lowest BCUT2D eigenvalue weighted by molar-refractivity contribution is -0.121. The van der Waals surface area contributed by atoms with E-state index in [-0.39, 0.29) is 41.0 Å². The smallest absolute Gasteiger partial charge is 0.200 e. The molecule has 29 heavy (non-hydrogen) atoms. The summed E-state index contributed by atoms with van der Waals surface area (Å²) in [5.74, 6) is -0.198. The van der Waals surface area contributed by atoms with E-state index in [1.807, 2.05) is 0 Å². The highest BCUT2D eigenvalue weighted by molar-refractivity contribution is 6.10. The Morgan fingerprint density at radius 1 is 0.793 bits per heavy atom. The van der Waals surface area contributed by atoms with E-state index in [1.165, 1.54) is 51.7 Å². The number of ketones is 2. The molecule has 0 atom stereocenters. The molecule has 0 amide bonds. The minimum Gasteiger partial charge on any atom is -0.504 e. The van der Waals surface area contributed by atoms with Gasteiger partial charge in [0.15, 0.2) is 34.6 Å². The number of methoxy groups -OCH3 is 3. The van der Waals surface area contributed by atoms with Gasteiger partial charge in [0.2, 0.25) is 5.75 Å². The minimum atomic E-state index is -0.386. The second-order valence-corrected chi connectivity index (χ2v) is 5.98. The van der Waals surface area contributed by atoms with Gasteiger partial charge in [-0.05, 0) is 47.5 Å². The molecule has 0 bridgehead atoms. The molecule has 2 aromatic rings. The number of benzene rings is 2. The normalized spacial score (nSPS) is 11.0. The molecule has 2 rings (SSSR count). The van der Waals surface area contributed by atoms with Gasteiger partial charge >= 0.3 is 0 Å². The lowest BCUT2D eigenvalue weighted by Gasteiger charge is -2.09. The van der Waals surface area contributed by atoms with E-state index in [9.17, 15) is 19.8 Å². The molecule has 7 heteroatoms. The van der Waals surface area contributed by atoms with Crippen molar-refractivity contribution in [2.45, 2.75) is 6.42 Å². The van der Waals surface area contributed by atoms with Gasteiger partial charge < -0.3 is 24.4 Å². The number of carbonyl (C=O) groups is 2. The molecule has 0 saturated heterocycles. The summed E-state index contributed by atoms with van der Waals surface area (Å²) in [5, 5.41) is 19.6. The fourth-order valence-electron chi connectivity index (χ4n) is 2.49. The van der Waals surface area contributed by atoms with Crippen LogP contribution in [0.5, 0.6) is 28.7 Å². The van der Waals surface area contributed by atoms with Gasteiger partial charge in [0.25, 0.3) is 0 Å². The molecule has 0 unspecified atom stereocenters. The molecule has 2 aromatic carbocycles. The third-order valence-electron chi connectivity index (χ3n) is 3.98. The fourth-order valence-corrected chi connectivity index (χ4v) is 2.49. The highest BCUT2D eigenvalue weighted by Gasteiger charge is 2.10. The van der Waals surface area contributed by atoms with Gasteiger partial charge in [0.05, 0.1) is 27.8 Å². The monoisotopic (exact) mass is 398 g/mol. The maximum Gasteiger partial charge on any atom is 0.200 e. The Balaban J connectivity index is 2.01. The van der Waals surface area contributed by atoms with Crippen molar-refractivity contribution in [1.82, 2.24) is 0 Å². The summed E-state index contributed by atoms with van der Waals surface area (Å²) < 4.78 is 15.1. The van der Waals surface area contributed by atoms with E-state index in [0.717, 1.165) is 0 Å². The second kappa shape index (κ2) is 9.98. The minimum absolute atomic E-state index is 0.0409. The molecule has 2 N–H and O–H groups in total. The number of phenols is 2. The average Bonchev–Trinajstić information content (AvgIpc) is 2.71. The number of ether oxygens (including phenoxy) is 3.